The molecule has 2 amide bonds. The number of ketones is 1. The van der Waals surface area contributed by atoms with Crippen LogP contribution in [0.3, 0.4) is 0 Å². The number of hydrogen-bond acceptors (Lipinski definition) is 7. The molecule has 2 aromatic heterocycles. The molecule has 0 radical (unpaired) electrons. The van der Waals surface area contributed by atoms with Crippen molar-refractivity contribution in [2.45, 2.75) is 31.7 Å². The van der Waals surface area contributed by atoms with Gasteiger partial charge < -0.3 is 11.1 Å². The summed E-state index contributed by atoms with van der Waals surface area (Å²) in [5, 5.41) is 7.82. The second-order valence-corrected chi connectivity index (χ2v) is 13.0. The molecule has 1 atom stereocenters. The number of amides is 2. The number of carbonyl (C=O) groups is 3. The summed E-state index contributed by atoms with van der Waals surface area (Å²) < 4.78 is 25.9. The van der Waals surface area contributed by atoms with Crippen molar-refractivity contribution in [3.05, 3.63) is 99.9 Å². The number of pyridine rings is 1. The van der Waals surface area contributed by atoms with Crippen LogP contribution in [0, 0.1) is 0 Å². The molecule has 10 nitrogen and oxygen atoms in total. The van der Waals surface area contributed by atoms with E-state index in [1.165, 1.54) is 0 Å². The molecule has 13 heteroatoms. The first-order valence-electron chi connectivity index (χ1n) is 13.2. The third kappa shape index (κ3) is 8.50. The van der Waals surface area contributed by atoms with E-state index in [9.17, 15) is 22.8 Å². The van der Waals surface area contributed by atoms with Crippen LogP contribution in [0.15, 0.2) is 73.1 Å². The first kappa shape index (κ1) is 31.9. The predicted molar refractivity (Wildman–Crippen MR) is 165 cm³/mol. The lowest BCUT2D eigenvalue weighted by Gasteiger charge is -2.15. The van der Waals surface area contributed by atoms with Crippen LogP contribution in [0.5, 0.6) is 0 Å². The molecule has 4 rings (SSSR count). The first-order chi connectivity index (χ1) is 20.4. The summed E-state index contributed by atoms with van der Waals surface area (Å²) in [5.74, 6) is -2.68. The van der Waals surface area contributed by atoms with Crippen molar-refractivity contribution in [3.63, 3.8) is 0 Å². The van der Waals surface area contributed by atoms with E-state index < -0.39 is 33.5 Å². The Hall–Kier alpha value is -4.06. The SMILES string of the molecule is CS(=O)(=O)CCc1c(-c2cccnc2)nn(-c2ccc(Cl)c(Cl)c2)c1CCC(=O)C(=O)NC(Cc1ccccc1)C(N)=O. The fourth-order valence-electron chi connectivity index (χ4n) is 4.51. The van der Waals surface area contributed by atoms with Crippen LogP contribution in [-0.4, -0.2) is 58.8 Å². The Morgan fingerprint density at radius 1 is 1.00 bits per heavy atom. The van der Waals surface area contributed by atoms with Crippen molar-refractivity contribution in [2.24, 2.45) is 5.73 Å². The number of primary amides is 1. The maximum atomic E-state index is 13.0. The lowest BCUT2D eigenvalue weighted by Crippen LogP contribution is -2.48. The minimum atomic E-state index is -3.36. The predicted octanol–water partition coefficient (Wildman–Crippen LogP) is 3.54. The number of rotatable bonds is 13. The molecule has 2 aromatic carbocycles. The Balaban J connectivity index is 1.67. The highest BCUT2D eigenvalue weighted by Crippen LogP contribution is 2.31. The normalized spacial score (nSPS) is 12.1. The average Bonchev–Trinajstić information content (AvgIpc) is 3.34. The zero-order valence-corrected chi connectivity index (χ0v) is 25.5. The first-order valence-corrected chi connectivity index (χ1v) is 16.1. The third-order valence-corrected chi connectivity index (χ3v) is 8.35. The summed E-state index contributed by atoms with van der Waals surface area (Å²) in [6.45, 7) is 0. The van der Waals surface area contributed by atoms with Gasteiger partial charge >= 0.3 is 0 Å². The van der Waals surface area contributed by atoms with Gasteiger partial charge in [-0.25, -0.2) is 13.1 Å². The Bertz CT molecular complexity index is 1750. The van der Waals surface area contributed by atoms with E-state index in [1.54, 1.807) is 71.7 Å². The van der Waals surface area contributed by atoms with Gasteiger partial charge in [-0.05, 0) is 48.7 Å². The van der Waals surface area contributed by atoms with Gasteiger partial charge in [0.05, 0.1) is 27.2 Å². The molecule has 1 unspecified atom stereocenters. The molecule has 0 saturated heterocycles. The number of carbonyl (C=O) groups excluding carboxylic acids is 3. The standard InChI is InChI=1S/C30H29Cl2N5O5S/c1-43(41,42)15-13-22-26(11-12-27(38)30(40)35-25(29(33)39)16-19-6-3-2-4-7-19)37(21-9-10-23(31)24(32)17-21)36-28(22)20-8-5-14-34-18-20/h2-10,14,17-18,25H,11-13,15-16H2,1H3,(H2,33,39)(H,35,40). The van der Waals surface area contributed by atoms with Crippen molar-refractivity contribution in [2.75, 3.05) is 12.0 Å². The van der Waals surface area contributed by atoms with Crippen molar-refractivity contribution in [3.8, 4) is 16.9 Å². The van der Waals surface area contributed by atoms with Gasteiger partial charge in [-0.3, -0.25) is 19.4 Å². The summed E-state index contributed by atoms with van der Waals surface area (Å²) in [4.78, 5) is 42.1. The quantitative estimate of drug-likeness (QED) is 0.212. The number of benzene rings is 2. The molecule has 224 valence electrons. The van der Waals surface area contributed by atoms with Gasteiger partial charge in [0, 0.05) is 48.3 Å². The number of nitrogens with two attached hydrogens (primary N) is 1. The number of aromatic nitrogens is 3. The van der Waals surface area contributed by atoms with Crippen molar-refractivity contribution < 1.29 is 22.8 Å². The molecule has 3 N–H and O–H groups in total. The van der Waals surface area contributed by atoms with Gasteiger partial charge in [-0.15, -0.1) is 0 Å². The monoisotopic (exact) mass is 641 g/mol. The van der Waals surface area contributed by atoms with Crippen LogP contribution in [0.25, 0.3) is 16.9 Å². The second kappa shape index (κ2) is 13.9. The highest BCUT2D eigenvalue weighted by atomic mass is 35.5. The molecule has 2 heterocycles. The van der Waals surface area contributed by atoms with Crippen LogP contribution in [0.1, 0.15) is 23.2 Å². The van der Waals surface area contributed by atoms with Gasteiger partial charge in [0.1, 0.15) is 15.9 Å². The molecule has 4 aromatic rings. The van der Waals surface area contributed by atoms with Crippen LogP contribution in [0.2, 0.25) is 10.0 Å². The summed E-state index contributed by atoms with van der Waals surface area (Å²) >= 11 is 12.4. The maximum absolute atomic E-state index is 13.0. The van der Waals surface area contributed by atoms with Gasteiger partial charge in [0.15, 0.2) is 0 Å². The van der Waals surface area contributed by atoms with Crippen LogP contribution in [0.4, 0.5) is 0 Å². The van der Waals surface area contributed by atoms with Crippen LogP contribution in [-0.2, 0) is 43.5 Å². The van der Waals surface area contributed by atoms with Crippen LogP contribution < -0.4 is 11.1 Å². The summed E-state index contributed by atoms with van der Waals surface area (Å²) in [6.07, 6.45) is 4.34. The molecule has 0 spiro atoms. The summed E-state index contributed by atoms with van der Waals surface area (Å²) in [5.41, 5.74) is 9.00. The van der Waals surface area contributed by atoms with Gasteiger partial charge in [-0.1, -0.05) is 53.5 Å². The van der Waals surface area contributed by atoms with Crippen LogP contribution >= 0.6 is 23.2 Å². The molecule has 0 saturated carbocycles. The number of Topliss-reactive ketones (excluding diaryl/α,β-unsaturated/α-hetero) is 1. The Morgan fingerprint density at radius 2 is 1.74 bits per heavy atom. The van der Waals surface area contributed by atoms with Crippen molar-refractivity contribution in [1.29, 1.82) is 0 Å². The molecular formula is C30H29Cl2N5O5S. The van der Waals surface area contributed by atoms with Gasteiger partial charge in [0.25, 0.3) is 5.91 Å². The highest BCUT2D eigenvalue weighted by Gasteiger charge is 2.26. The number of hydrogen-bond donors (Lipinski definition) is 2. The maximum Gasteiger partial charge on any atom is 0.288 e. The average molecular weight is 643 g/mol. The lowest BCUT2D eigenvalue weighted by molar-refractivity contribution is -0.139. The summed E-state index contributed by atoms with van der Waals surface area (Å²) in [6, 6.07) is 16.3. The van der Waals surface area contributed by atoms with E-state index in [1.807, 2.05) is 6.07 Å². The second-order valence-electron chi connectivity index (χ2n) is 9.95. The minimum absolute atomic E-state index is 0.0266. The molecule has 0 fully saturated rings. The topological polar surface area (TPSA) is 154 Å². The van der Waals surface area contributed by atoms with E-state index in [-0.39, 0.29) is 36.5 Å². The Morgan fingerprint density at radius 3 is 2.37 bits per heavy atom. The number of halogens is 2. The van der Waals surface area contributed by atoms with E-state index >= 15 is 0 Å². The molecule has 0 aliphatic rings. The largest absolute Gasteiger partial charge is 0.368 e. The minimum Gasteiger partial charge on any atom is -0.368 e. The fourth-order valence-corrected chi connectivity index (χ4v) is 5.38. The van der Waals surface area contributed by atoms with Crippen molar-refractivity contribution in [1.82, 2.24) is 20.1 Å². The van der Waals surface area contributed by atoms with E-state index in [2.05, 4.69) is 10.3 Å². The van der Waals surface area contributed by atoms with Crippen molar-refractivity contribution >= 4 is 50.6 Å². The smallest absolute Gasteiger partial charge is 0.288 e. The van der Waals surface area contributed by atoms with Gasteiger partial charge in [-0.2, -0.15) is 5.10 Å². The fraction of sp³-hybridized carbons (Fsp3) is 0.233. The highest BCUT2D eigenvalue weighted by molar-refractivity contribution is 7.90. The van der Waals surface area contributed by atoms with Gasteiger partial charge in [0.2, 0.25) is 11.7 Å². The molecular weight excluding hydrogens is 613 g/mol. The Kier molecular flexibility index (Phi) is 10.3. The Labute approximate surface area is 259 Å². The number of nitrogens with one attached hydrogen (secondary N) is 1. The zero-order chi connectivity index (χ0) is 31.1. The molecule has 0 aliphatic heterocycles. The molecule has 0 bridgehead atoms. The lowest BCUT2D eigenvalue weighted by atomic mass is 10.0. The number of sulfone groups is 1. The zero-order valence-electron chi connectivity index (χ0n) is 23.2. The third-order valence-electron chi connectivity index (χ3n) is 6.67. The molecule has 0 aliphatic carbocycles. The molecule has 43 heavy (non-hydrogen) atoms. The number of nitrogens with zero attached hydrogens (tertiary/aromatic N) is 3. The van der Waals surface area contributed by atoms with E-state index in [4.69, 9.17) is 34.0 Å². The van der Waals surface area contributed by atoms with E-state index in [0.29, 0.717) is 33.2 Å². The summed E-state index contributed by atoms with van der Waals surface area (Å²) in [7, 11) is -3.36. The van der Waals surface area contributed by atoms with E-state index in [0.717, 1.165) is 11.8 Å².